The summed E-state index contributed by atoms with van der Waals surface area (Å²) in [4.78, 5) is 4.01. The summed E-state index contributed by atoms with van der Waals surface area (Å²) in [6.07, 6.45) is 5.13. The van der Waals surface area contributed by atoms with Crippen LogP contribution >= 0.6 is 0 Å². The maximum atomic E-state index is 5.67. The molecule has 0 aliphatic rings. The van der Waals surface area contributed by atoms with Crippen LogP contribution in [0.2, 0.25) is 0 Å². The quantitative estimate of drug-likeness (QED) is 0.777. The molecular weight excluding hydrogens is 240 g/mol. The van der Waals surface area contributed by atoms with Gasteiger partial charge in [0, 0.05) is 23.7 Å². The molecule has 96 valence electrons. The van der Waals surface area contributed by atoms with Crippen molar-refractivity contribution in [3.8, 4) is 5.75 Å². The Bertz CT molecular complexity index is 677. The van der Waals surface area contributed by atoms with Crippen molar-refractivity contribution in [3.05, 3.63) is 60.1 Å². The standard InChI is InChI=1S/C15H14N2O2/c16-7-11-3-4-14-12(10-19-15(14)6-11)9-18-13-2-1-5-17-8-13/h1-6,8,10H,7,9,16H2. The lowest BCUT2D eigenvalue weighted by molar-refractivity contribution is 0.304. The van der Waals surface area contributed by atoms with E-state index in [1.807, 2.05) is 30.3 Å². The first kappa shape index (κ1) is 11.7. The molecule has 0 aliphatic heterocycles. The van der Waals surface area contributed by atoms with Crippen molar-refractivity contribution >= 4 is 11.0 Å². The number of nitrogens with zero attached hydrogens (tertiary/aromatic N) is 1. The Kier molecular flexibility index (Phi) is 3.16. The van der Waals surface area contributed by atoms with Crippen LogP contribution in [0.5, 0.6) is 5.75 Å². The maximum absolute atomic E-state index is 5.67. The van der Waals surface area contributed by atoms with E-state index in [0.717, 1.165) is 27.8 Å². The lowest BCUT2D eigenvalue weighted by Crippen LogP contribution is -1.96. The summed E-state index contributed by atoms with van der Waals surface area (Å²) in [7, 11) is 0. The second-order valence-electron chi connectivity index (χ2n) is 4.27. The van der Waals surface area contributed by atoms with E-state index >= 15 is 0 Å². The Balaban J connectivity index is 1.82. The van der Waals surface area contributed by atoms with Gasteiger partial charge >= 0.3 is 0 Å². The molecule has 4 nitrogen and oxygen atoms in total. The zero-order chi connectivity index (χ0) is 13.1. The third-order valence-corrected chi connectivity index (χ3v) is 2.98. The van der Waals surface area contributed by atoms with Crippen LogP contribution in [0.4, 0.5) is 0 Å². The van der Waals surface area contributed by atoms with E-state index in [9.17, 15) is 0 Å². The normalized spacial score (nSPS) is 10.8. The number of hydrogen-bond acceptors (Lipinski definition) is 4. The molecule has 0 bridgehead atoms. The van der Waals surface area contributed by atoms with E-state index < -0.39 is 0 Å². The minimum absolute atomic E-state index is 0.459. The van der Waals surface area contributed by atoms with E-state index in [2.05, 4.69) is 4.98 Å². The smallest absolute Gasteiger partial charge is 0.138 e. The number of hydrogen-bond donors (Lipinski definition) is 1. The van der Waals surface area contributed by atoms with Crippen molar-refractivity contribution in [1.82, 2.24) is 4.98 Å². The van der Waals surface area contributed by atoms with Gasteiger partial charge in [-0.2, -0.15) is 0 Å². The molecule has 2 aromatic heterocycles. The Labute approximate surface area is 110 Å². The molecule has 3 aromatic rings. The summed E-state index contributed by atoms with van der Waals surface area (Å²) in [6, 6.07) is 9.70. The first-order valence-corrected chi connectivity index (χ1v) is 6.09. The maximum Gasteiger partial charge on any atom is 0.138 e. The second kappa shape index (κ2) is 5.12. The van der Waals surface area contributed by atoms with Crippen LogP contribution in [0.15, 0.2) is 53.4 Å². The Morgan fingerprint density at radius 1 is 1.26 bits per heavy atom. The van der Waals surface area contributed by atoms with E-state index in [1.54, 1.807) is 18.7 Å². The van der Waals surface area contributed by atoms with Gasteiger partial charge in [-0.25, -0.2) is 0 Å². The number of nitrogens with two attached hydrogens (primary N) is 1. The molecule has 2 N–H and O–H groups in total. The molecule has 0 fully saturated rings. The highest BCUT2D eigenvalue weighted by atomic mass is 16.5. The minimum Gasteiger partial charge on any atom is -0.487 e. The average molecular weight is 254 g/mol. The van der Waals surface area contributed by atoms with Crippen molar-refractivity contribution in [2.24, 2.45) is 5.73 Å². The van der Waals surface area contributed by atoms with Gasteiger partial charge in [-0.1, -0.05) is 12.1 Å². The van der Waals surface area contributed by atoms with Crippen molar-refractivity contribution in [2.45, 2.75) is 13.2 Å². The van der Waals surface area contributed by atoms with E-state index in [4.69, 9.17) is 14.9 Å². The average Bonchev–Trinajstić information content (AvgIpc) is 2.88. The first-order valence-electron chi connectivity index (χ1n) is 6.09. The SMILES string of the molecule is NCc1ccc2c(COc3cccnc3)coc2c1. The largest absolute Gasteiger partial charge is 0.487 e. The molecule has 4 heteroatoms. The van der Waals surface area contributed by atoms with Gasteiger partial charge in [0.15, 0.2) is 0 Å². The molecular formula is C15H14N2O2. The van der Waals surface area contributed by atoms with Crippen molar-refractivity contribution < 1.29 is 9.15 Å². The minimum atomic E-state index is 0.459. The van der Waals surface area contributed by atoms with Gasteiger partial charge in [0.05, 0.1) is 12.5 Å². The summed E-state index contributed by atoms with van der Waals surface area (Å²) >= 11 is 0. The predicted octanol–water partition coefficient (Wildman–Crippen LogP) is 2.87. The summed E-state index contributed by atoms with van der Waals surface area (Å²) in [5, 5.41) is 1.06. The third-order valence-electron chi connectivity index (χ3n) is 2.98. The fourth-order valence-electron chi connectivity index (χ4n) is 1.96. The van der Waals surface area contributed by atoms with Crippen LogP contribution in [-0.4, -0.2) is 4.98 Å². The fraction of sp³-hybridized carbons (Fsp3) is 0.133. The van der Waals surface area contributed by atoms with Crippen molar-refractivity contribution in [3.63, 3.8) is 0 Å². The van der Waals surface area contributed by atoms with Gasteiger partial charge in [0.2, 0.25) is 0 Å². The molecule has 2 heterocycles. The molecule has 1 aromatic carbocycles. The lowest BCUT2D eigenvalue weighted by Gasteiger charge is -2.03. The van der Waals surface area contributed by atoms with Gasteiger partial charge in [-0.05, 0) is 23.8 Å². The van der Waals surface area contributed by atoms with Gasteiger partial charge in [-0.15, -0.1) is 0 Å². The van der Waals surface area contributed by atoms with Gasteiger partial charge < -0.3 is 14.9 Å². The number of ether oxygens (including phenoxy) is 1. The zero-order valence-corrected chi connectivity index (χ0v) is 10.4. The summed E-state index contributed by atoms with van der Waals surface area (Å²) in [6.45, 7) is 0.971. The number of pyridine rings is 1. The molecule has 0 amide bonds. The van der Waals surface area contributed by atoms with Crippen LogP contribution in [0.25, 0.3) is 11.0 Å². The van der Waals surface area contributed by atoms with Crippen LogP contribution in [0, 0.1) is 0 Å². The molecule has 0 spiro atoms. The van der Waals surface area contributed by atoms with Crippen molar-refractivity contribution in [1.29, 1.82) is 0 Å². The van der Waals surface area contributed by atoms with Crippen LogP contribution in [-0.2, 0) is 13.2 Å². The predicted molar refractivity (Wildman–Crippen MR) is 72.7 cm³/mol. The monoisotopic (exact) mass is 254 g/mol. The van der Waals surface area contributed by atoms with Crippen LogP contribution in [0.1, 0.15) is 11.1 Å². The zero-order valence-electron chi connectivity index (χ0n) is 10.4. The van der Waals surface area contributed by atoms with E-state index in [0.29, 0.717) is 13.2 Å². The van der Waals surface area contributed by atoms with Crippen LogP contribution in [0.3, 0.4) is 0 Å². The fourth-order valence-corrected chi connectivity index (χ4v) is 1.96. The Morgan fingerprint density at radius 3 is 3.00 bits per heavy atom. The molecule has 0 saturated heterocycles. The lowest BCUT2D eigenvalue weighted by atomic mass is 10.1. The molecule has 0 radical (unpaired) electrons. The molecule has 3 rings (SSSR count). The Hall–Kier alpha value is -2.33. The second-order valence-corrected chi connectivity index (χ2v) is 4.27. The first-order chi connectivity index (χ1) is 9.36. The summed E-state index contributed by atoms with van der Waals surface area (Å²) < 4.78 is 11.2. The molecule has 19 heavy (non-hydrogen) atoms. The number of benzene rings is 1. The number of fused-ring (bicyclic) bond motifs is 1. The van der Waals surface area contributed by atoms with Gasteiger partial charge in [0.1, 0.15) is 17.9 Å². The topological polar surface area (TPSA) is 61.3 Å². The highest BCUT2D eigenvalue weighted by molar-refractivity contribution is 5.81. The molecule has 0 atom stereocenters. The van der Waals surface area contributed by atoms with E-state index in [-0.39, 0.29) is 0 Å². The number of rotatable bonds is 4. The third kappa shape index (κ3) is 2.44. The van der Waals surface area contributed by atoms with E-state index in [1.165, 1.54) is 0 Å². The highest BCUT2D eigenvalue weighted by Gasteiger charge is 2.07. The number of furan rings is 1. The summed E-state index contributed by atoms with van der Waals surface area (Å²) in [5.74, 6) is 0.746. The highest BCUT2D eigenvalue weighted by Crippen LogP contribution is 2.23. The Morgan fingerprint density at radius 2 is 2.21 bits per heavy atom. The number of aromatic nitrogens is 1. The van der Waals surface area contributed by atoms with Crippen LogP contribution < -0.4 is 10.5 Å². The molecule has 0 aliphatic carbocycles. The van der Waals surface area contributed by atoms with Gasteiger partial charge in [-0.3, -0.25) is 4.98 Å². The molecule has 0 unspecified atom stereocenters. The van der Waals surface area contributed by atoms with Crippen molar-refractivity contribution in [2.75, 3.05) is 0 Å². The summed E-state index contributed by atoms with van der Waals surface area (Å²) in [5.41, 5.74) is 8.52. The van der Waals surface area contributed by atoms with Gasteiger partial charge in [0.25, 0.3) is 0 Å². The molecule has 0 saturated carbocycles.